The predicted molar refractivity (Wildman–Crippen MR) is 133 cm³/mol. The molecule has 2 aromatic carbocycles. The molecule has 2 aromatic rings. The van der Waals surface area contributed by atoms with E-state index in [4.69, 9.17) is 9.47 Å². The number of hydrogen-bond acceptors (Lipinski definition) is 2. The van der Waals surface area contributed by atoms with Crippen LogP contribution < -0.4 is 9.47 Å². The Bertz CT molecular complexity index is 856. The zero-order chi connectivity index (χ0) is 22.7. The molecule has 0 aliphatic rings. The van der Waals surface area contributed by atoms with Crippen molar-refractivity contribution < 1.29 is 9.47 Å². The van der Waals surface area contributed by atoms with E-state index >= 15 is 0 Å². The van der Waals surface area contributed by atoms with Crippen LogP contribution in [-0.4, -0.2) is 13.2 Å². The lowest BCUT2D eigenvalue weighted by atomic mass is 9.73. The minimum Gasteiger partial charge on any atom is -0.490 e. The highest BCUT2D eigenvalue weighted by Crippen LogP contribution is 2.38. The van der Waals surface area contributed by atoms with Crippen LogP contribution in [0.25, 0.3) is 0 Å². The minimum absolute atomic E-state index is 0.179. The Labute approximate surface area is 188 Å². The molecule has 0 fully saturated rings. The fraction of sp³-hybridized carbons (Fsp3) is 0.310. The third-order valence-electron chi connectivity index (χ3n) is 5.38. The molecule has 0 saturated carbocycles. The van der Waals surface area contributed by atoms with Crippen molar-refractivity contribution in [1.29, 1.82) is 0 Å². The third kappa shape index (κ3) is 6.49. The van der Waals surface area contributed by atoms with Crippen molar-refractivity contribution in [1.82, 2.24) is 0 Å². The molecule has 164 valence electrons. The van der Waals surface area contributed by atoms with E-state index in [1.807, 2.05) is 0 Å². The van der Waals surface area contributed by atoms with Crippen LogP contribution in [0, 0.1) is 0 Å². The van der Waals surface area contributed by atoms with Crippen molar-refractivity contribution in [3.63, 3.8) is 0 Å². The Morgan fingerprint density at radius 1 is 0.742 bits per heavy atom. The molecule has 0 amide bonds. The van der Waals surface area contributed by atoms with E-state index in [0.29, 0.717) is 13.2 Å². The van der Waals surface area contributed by atoms with E-state index in [9.17, 15) is 0 Å². The van der Waals surface area contributed by atoms with E-state index < -0.39 is 0 Å². The van der Waals surface area contributed by atoms with Crippen molar-refractivity contribution >= 4 is 0 Å². The summed E-state index contributed by atoms with van der Waals surface area (Å²) in [4.78, 5) is 0. The Morgan fingerprint density at radius 3 is 1.52 bits per heavy atom. The van der Waals surface area contributed by atoms with Gasteiger partial charge in [-0.05, 0) is 73.2 Å². The molecule has 0 unspecified atom stereocenters. The molecule has 0 atom stereocenters. The summed E-state index contributed by atoms with van der Waals surface area (Å²) in [7, 11) is 0. The van der Waals surface area contributed by atoms with Crippen LogP contribution in [0.2, 0.25) is 0 Å². The summed E-state index contributed by atoms with van der Waals surface area (Å²) in [5, 5.41) is 0. The lowest BCUT2D eigenvalue weighted by Gasteiger charge is -2.31. The normalized spacial score (nSPS) is 11.7. The fourth-order valence-corrected chi connectivity index (χ4v) is 3.82. The van der Waals surface area contributed by atoms with Crippen molar-refractivity contribution in [2.75, 3.05) is 13.2 Å². The third-order valence-corrected chi connectivity index (χ3v) is 5.38. The van der Waals surface area contributed by atoms with E-state index in [1.54, 1.807) is 12.2 Å². The molecule has 31 heavy (non-hydrogen) atoms. The quantitative estimate of drug-likeness (QED) is 0.336. The van der Waals surface area contributed by atoms with Gasteiger partial charge in [-0.1, -0.05) is 75.6 Å². The molecule has 0 N–H and O–H groups in total. The van der Waals surface area contributed by atoms with Crippen LogP contribution in [0.4, 0.5) is 0 Å². The first-order valence-corrected chi connectivity index (χ1v) is 10.9. The van der Waals surface area contributed by atoms with Gasteiger partial charge in [-0.15, -0.1) is 0 Å². The SMILES string of the molecule is C=CCOc1ccc(C(C)(C)c2ccc(OCC=C)cc2CC=CC)c(CC=CC)c1. The highest BCUT2D eigenvalue weighted by atomic mass is 16.5. The molecule has 2 rings (SSSR count). The average molecular weight is 417 g/mol. The zero-order valence-electron chi connectivity index (χ0n) is 19.5. The number of allylic oxidation sites excluding steroid dienone is 4. The first-order valence-electron chi connectivity index (χ1n) is 10.9. The predicted octanol–water partition coefficient (Wildman–Crippen LogP) is 7.38. The maximum absolute atomic E-state index is 5.80. The smallest absolute Gasteiger partial charge is 0.120 e. The standard InChI is InChI=1S/C29H36O2/c1-7-11-13-23-21-25(30-19-9-3)15-17-27(23)29(5,6)28-18-16-26(31-20-10-4)22-24(28)14-12-8-2/h7-12,15-18,21-22H,3-4,13-14,19-20H2,1-2,5-6H3. The second-order valence-corrected chi connectivity index (χ2v) is 8.01. The van der Waals surface area contributed by atoms with Crippen molar-refractivity contribution in [2.45, 2.75) is 46.0 Å². The van der Waals surface area contributed by atoms with Gasteiger partial charge in [0.1, 0.15) is 24.7 Å². The first-order chi connectivity index (χ1) is 15.0. The summed E-state index contributed by atoms with van der Waals surface area (Å²) >= 11 is 0. The first kappa shape index (κ1) is 24.3. The molecule has 0 aliphatic carbocycles. The van der Waals surface area contributed by atoms with Crippen molar-refractivity contribution in [2.24, 2.45) is 0 Å². The summed E-state index contributed by atoms with van der Waals surface area (Å²) in [6.45, 7) is 17.2. The Balaban J connectivity index is 2.55. The van der Waals surface area contributed by atoms with Crippen LogP contribution in [0.15, 0.2) is 86.0 Å². The Kier molecular flexibility index (Phi) is 9.40. The molecular weight excluding hydrogens is 380 g/mol. The topological polar surface area (TPSA) is 18.5 Å². The summed E-state index contributed by atoms with van der Waals surface area (Å²) < 4.78 is 11.6. The summed E-state index contributed by atoms with van der Waals surface area (Å²) in [6.07, 6.45) is 13.9. The number of ether oxygens (including phenoxy) is 2. The van der Waals surface area contributed by atoms with Crippen molar-refractivity contribution in [3.05, 3.63) is 108 Å². The highest BCUT2D eigenvalue weighted by Gasteiger charge is 2.28. The molecule has 0 heterocycles. The fourth-order valence-electron chi connectivity index (χ4n) is 3.82. The van der Waals surface area contributed by atoms with Gasteiger partial charge >= 0.3 is 0 Å². The molecule has 2 nitrogen and oxygen atoms in total. The Morgan fingerprint density at radius 2 is 1.16 bits per heavy atom. The largest absolute Gasteiger partial charge is 0.490 e. The van der Waals surface area contributed by atoms with Gasteiger partial charge in [-0.2, -0.15) is 0 Å². The van der Waals surface area contributed by atoms with Gasteiger partial charge in [0.15, 0.2) is 0 Å². The van der Waals surface area contributed by atoms with Crippen LogP contribution in [0.1, 0.15) is 49.9 Å². The minimum atomic E-state index is -0.179. The van der Waals surface area contributed by atoms with Crippen LogP contribution >= 0.6 is 0 Å². The van der Waals surface area contributed by atoms with Gasteiger partial charge < -0.3 is 9.47 Å². The molecule has 0 radical (unpaired) electrons. The lowest BCUT2D eigenvalue weighted by Crippen LogP contribution is -2.23. The summed E-state index contributed by atoms with van der Waals surface area (Å²) in [5.41, 5.74) is 4.97. The van der Waals surface area contributed by atoms with Gasteiger partial charge in [0, 0.05) is 5.41 Å². The van der Waals surface area contributed by atoms with Gasteiger partial charge in [0.2, 0.25) is 0 Å². The highest BCUT2D eigenvalue weighted by molar-refractivity contribution is 5.50. The molecule has 2 heteroatoms. The van der Waals surface area contributed by atoms with Crippen LogP contribution in [0.5, 0.6) is 11.5 Å². The molecule has 0 spiro atoms. The van der Waals surface area contributed by atoms with Gasteiger partial charge in [-0.3, -0.25) is 0 Å². The number of benzene rings is 2. The molecule has 0 aliphatic heterocycles. The molecule has 0 saturated heterocycles. The van der Waals surface area contributed by atoms with Gasteiger partial charge in [0.25, 0.3) is 0 Å². The van der Waals surface area contributed by atoms with Gasteiger partial charge in [0.05, 0.1) is 0 Å². The second kappa shape index (κ2) is 12.0. The Hall–Kier alpha value is -3.00. The van der Waals surface area contributed by atoms with Crippen LogP contribution in [0.3, 0.4) is 0 Å². The van der Waals surface area contributed by atoms with E-state index in [2.05, 4.69) is 102 Å². The van der Waals surface area contributed by atoms with E-state index in [-0.39, 0.29) is 5.41 Å². The van der Waals surface area contributed by atoms with Crippen LogP contribution in [-0.2, 0) is 18.3 Å². The molecular formula is C29H36O2. The summed E-state index contributed by atoms with van der Waals surface area (Å²) in [5.74, 6) is 1.75. The monoisotopic (exact) mass is 416 g/mol. The molecule has 0 bridgehead atoms. The number of hydrogen-bond donors (Lipinski definition) is 0. The van der Waals surface area contributed by atoms with Gasteiger partial charge in [-0.25, -0.2) is 0 Å². The van der Waals surface area contributed by atoms with Crippen molar-refractivity contribution in [3.8, 4) is 11.5 Å². The average Bonchev–Trinajstić information content (AvgIpc) is 2.78. The zero-order valence-corrected chi connectivity index (χ0v) is 19.5. The maximum Gasteiger partial charge on any atom is 0.120 e. The second-order valence-electron chi connectivity index (χ2n) is 8.01. The number of rotatable bonds is 12. The molecule has 0 aromatic heterocycles. The maximum atomic E-state index is 5.80. The van der Waals surface area contributed by atoms with E-state index in [1.165, 1.54) is 22.3 Å². The van der Waals surface area contributed by atoms with E-state index in [0.717, 1.165) is 24.3 Å². The lowest BCUT2D eigenvalue weighted by molar-refractivity contribution is 0.362. The summed E-state index contributed by atoms with van der Waals surface area (Å²) in [6, 6.07) is 12.9.